The summed E-state index contributed by atoms with van der Waals surface area (Å²) >= 11 is 0. The Morgan fingerprint density at radius 2 is 2.20 bits per heavy atom. The number of aliphatic hydroxyl groups excluding tert-OH is 1. The minimum atomic E-state index is -3.75. The van der Waals surface area contributed by atoms with Gasteiger partial charge in [-0.1, -0.05) is 0 Å². The van der Waals surface area contributed by atoms with E-state index in [0.29, 0.717) is 0 Å². The van der Waals surface area contributed by atoms with E-state index in [2.05, 4.69) is 4.98 Å². The summed E-state index contributed by atoms with van der Waals surface area (Å²) < 4.78 is 23.1. The first-order chi connectivity index (χ1) is 6.99. The van der Waals surface area contributed by atoms with Crippen LogP contribution in [0.2, 0.25) is 0 Å². The first-order valence-electron chi connectivity index (χ1n) is 4.07. The molecule has 0 fully saturated rings. The highest BCUT2D eigenvalue weighted by Gasteiger charge is 2.21. The number of primary amides is 1. The average Bonchev–Trinajstić information content (AvgIpc) is 2.17. The molecule has 0 radical (unpaired) electrons. The molecule has 1 amide bonds. The van der Waals surface area contributed by atoms with Gasteiger partial charge in [0.15, 0.2) is 14.9 Å². The molecule has 0 spiro atoms. The zero-order chi connectivity index (χ0) is 11.5. The Balaban J connectivity index is 3.31. The molecule has 3 N–H and O–H groups in total. The summed E-state index contributed by atoms with van der Waals surface area (Å²) in [6.45, 7) is -0.531. The summed E-state index contributed by atoms with van der Waals surface area (Å²) in [5.41, 5.74) is 4.84. The summed E-state index contributed by atoms with van der Waals surface area (Å²) in [4.78, 5) is 14.5. The van der Waals surface area contributed by atoms with Gasteiger partial charge < -0.3 is 10.8 Å². The number of nitrogens with two attached hydrogens (primary N) is 1. The Morgan fingerprint density at radius 1 is 1.53 bits per heavy atom. The van der Waals surface area contributed by atoms with Gasteiger partial charge in [-0.2, -0.15) is 0 Å². The van der Waals surface area contributed by atoms with Gasteiger partial charge in [0.05, 0.1) is 17.9 Å². The predicted octanol–water partition coefficient (Wildman–Crippen LogP) is -1.05. The molecule has 0 bridgehead atoms. The number of hydrogen-bond acceptors (Lipinski definition) is 5. The SMILES string of the molecule is NC(=O)c1cccnc1S(=O)(=O)CCO. The lowest BCUT2D eigenvalue weighted by atomic mass is 10.3. The minimum absolute atomic E-state index is 0.161. The first-order valence-corrected chi connectivity index (χ1v) is 5.72. The first kappa shape index (κ1) is 11.6. The fourth-order valence-corrected chi connectivity index (χ4v) is 2.20. The van der Waals surface area contributed by atoms with Crippen LogP contribution >= 0.6 is 0 Å². The van der Waals surface area contributed by atoms with Crippen LogP contribution in [-0.4, -0.2) is 36.8 Å². The van der Waals surface area contributed by atoms with Crippen molar-refractivity contribution in [3.05, 3.63) is 23.9 Å². The molecule has 6 nitrogen and oxygen atoms in total. The molecule has 0 saturated carbocycles. The van der Waals surface area contributed by atoms with Gasteiger partial charge in [0.25, 0.3) is 5.91 Å². The van der Waals surface area contributed by atoms with Crippen LogP contribution in [0.25, 0.3) is 0 Å². The summed E-state index contributed by atoms with van der Waals surface area (Å²) in [5.74, 6) is -1.34. The Kier molecular flexibility index (Phi) is 3.38. The number of rotatable bonds is 4. The van der Waals surface area contributed by atoms with Crippen molar-refractivity contribution in [2.45, 2.75) is 5.03 Å². The highest BCUT2D eigenvalue weighted by atomic mass is 32.2. The number of aromatic nitrogens is 1. The molecule has 1 aromatic rings. The average molecular weight is 230 g/mol. The maximum atomic E-state index is 11.5. The lowest BCUT2D eigenvalue weighted by Gasteiger charge is -2.04. The Bertz CT molecular complexity index is 469. The van der Waals surface area contributed by atoms with Crippen molar-refractivity contribution in [1.29, 1.82) is 0 Å². The van der Waals surface area contributed by atoms with E-state index >= 15 is 0 Å². The van der Waals surface area contributed by atoms with E-state index in [9.17, 15) is 13.2 Å². The van der Waals surface area contributed by atoms with E-state index in [1.165, 1.54) is 18.3 Å². The standard InChI is InChI=1S/C8H10N2O4S/c9-7(12)6-2-1-3-10-8(6)15(13,14)5-4-11/h1-3,11H,4-5H2,(H2,9,12). The maximum Gasteiger partial charge on any atom is 0.251 e. The van der Waals surface area contributed by atoms with Crippen LogP contribution in [0.4, 0.5) is 0 Å². The van der Waals surface area contributed by atoms with Gasteiger partial charge in [-0.05, 0) is 12.1 Å². The van der Waals surface area contributed by atoms with Crippen molar-refractivity contribution >= 4 is 15.7 Å². The van der Waals surface area contributed by atoms with Crippen molar-refractivity contribution in [2.24, 2.45) is 5.73 Å². The predicted molar refractivity (Wildman–Crippen MR) is 51.9 cm³/mol. The highest BCUT2D eigenvalue weighted by Crippen LogP contribution is 2.12. The van der Waals surface area contributed by atoms with Gasteiger partial charge in [0, 0.05) is 6.20 Å². The summed E-state index contributed by atoms with van der Waals surface area (Å²) in [6, 6.07) is 2.69. The van der Waals surface area contributed by atoms with E-state index in [0.717, 1.165) is 0 Å². The van der Waals surface area contributed by atoms with Crippen LogP contribution < -0.4 is 5.73 Å². The molecule has 1 aromatic heterocycles. The molecule has 1 heterocycles. The van der Waals surface area contributed by atoms with Gasteiger partial charge in [0.1, 0.15) is 0 Å². The molecule has 0 aliphatic carbocycles. The third-order valence-corrected chi connectivity index (χ3v) is 3.33. The van der Waals surface area contributed by atoms with Crippen LogP contribution in [0, 0.1) is 0 Å². The second-order valence-corrected chi connectivity index (χ2v) is 4.79. The molecule has 7 heteroatoms. The van der Waals surface area contributed by atoms with Crippen molar-refractivity contribution in [1.82, 2.24) is 4.98 Å². The molecular weight excluding hydrogens is 220 g/mol. The van der Waals surface area contributed by atoms with Crippen molar-refractivity contribution in [2.75, 3.05) is 12.4 Å². The third kappa shape index (κ3) is 2.51. The molecule has 82 valence electrons. The minimum Gasteiger partial charge on any atom is -0.395 e. The summed E-state index contributed by atoms with van der Waals surface area (Å²) in [6.07, 6.45) is 1.25. The highest BCUT2D eigenvalue weighted by molar-refractivity contribution is 7.91. The number of pyridine rings is 1. The van der Waals surface area contributed by atoms with Gasteiger partial charge >= 0.3 is 0 Å². The molecule has 0 unspecified atom stereocenters. The van der Waals surface area contributed by atoms with E-state index < -0.39 is 28.1 Å². The van der Waals surface area contributed by atoms with Crippen LogP contribution in [0.3, 0.4) is 0 Å². The summed E-state index contributed by atoms with van der Waals surface area (Å²) in [5, 5.41) is 8.19. The molecule has 1 rings (SSSR count). The number of amides is 1. The van der Waals surface area contributed by atoms with E-state index in [4.69, 9.17) is 10.8 Å². The van der Waals surface area contributed by atoms with Gasteiger partial charge in [-0.25, -0.2) is 13.4 Å². The monoisotopic (exact) mass is 230 g/mol. The van der Waals surface area contributed by atoms with Crippen molar-refractivity contribution in [3.63, 3.8) is 0 Å². The van der Waals surface area contributed by atoms with Crippen LogP contribution in [-0.2, 0) is 9.84 Å². The molecule has 0 aliphatic heterocycles. The normalized spacial score (nSPS) is 11.3. The van der Waals surface area contributed by atoms with Crippen LogP contribution in [0.1, 0.15) is 10.4 Å². The summed E-state index contributed by atoms with van der Waals surface area (Å²) in [7, 11) is -3.75. The maximum absolute atomic E-state index is 11.5. The molecule has 0 saturated heterocycles. The van der Waals surface area contributed by atoms with Crippen LogP contribution in [0.15, 0.2) is 23.4 Å². The van der Waals surface area contributed by atoms with Crippen molar-refractivity contribution in [3.8, 4) is 0 Å². The largest absolute Gasteiger partial charge is 0.395 e. The molecule has 0 aromatic carbocycles. The smallest absolute Gasteiger partial charge is 0.251 e. The Morgan fingerprint density at radius 3 is 2.73 bits per heavy atom. The molecular formula is C8H10N2O4S. The molecule has 0 aliphatic rings. The lowest BCUT2D eigenvalue weighted by Crippen LogP contribution is -2.20. The number of sulfone groups is 1. The topological polar surface area (TPSA) is 110 Å². The zero-order valence-electron chi connectivity index (χ0n) is 7.75. The number of hydrogen-bond donors (Lipinski definition) is 2. The fraction of sp³-hybridized carbons (Fsp3) is 0.250. The number of nitrogens with zero attached hydrogens (tertiary/aromatic N) is 1. The van der Waals surface area contributed by atoms with Crippen molar-refractivity contribution < 1.29 is 18.3 Å². The van der Waals surface area contributed by atoms with E-state index in [1.807, 2.05) is 0 Å². The quantitative estimate of drug-likeness (QED) is 0.685. The Hall–Kier alpha value is -1.47. The van der Waals surface area contributed by atoms with E-state index in [-0.39, 0.29) is 10.6 Å². The second-order valence-electron chi connectivity index (χ2n) is 2.76. The third-order valence-electron chi connectivity index (χ3n) is 1.69. The van der Waals surface area contributed by atoms with Gasteiger partial charge in [-0.3, -0.25) is 4.79 Å². The second kappa shape index (κ2) is 4.37. The fourth-order valence-electron chi connectivity index (χ4n) is 1.04. The lowest BCUT2D eigenvalue weighted by molar-refractivity contribution is 0.0996. The van der Waals surface area contributed by atoms with E-state index in [1.54, 1.807) is 0 Å². The number of aliphatic hydroxyl groups is 1. The zero-order valence-corrected chi connectivity index (χ0v) is 8.57. The molecule has 0 atom stereocenters. The molecule has 15 heavy (non-hydrogen) atoms. The Labute approximate surface area is 86.7 Å². The van der Waals surface area contributed by atoms with Gasteiger partial charge in [0.2, 0.25) is 0 Å². The number of carbonyl (C=O) groups excluding carboxylic acids is 1. The number of carbonyl (C=O) groups is 1. The van der Waals surface area contributed by atoms with Crippen LogP contribution in [0.5, 0.6) is 0 Å². The van der Waals surface area contributed by atoms with Gasteiger partial charge in [-0.15, -0.1) is 0 Å².